The van der Waals surface area contributed by atoms with E-state index in [4.69, 9.17) is 11.6 Å². The van der Waals surface area contributed by atoms with Gasteiger partial charge < -0.3 is 0 Å². The van der Waals surface area contributed by atoms with Crippen LogP contribution in [0.2, 0.25) is 4.47 Å². The average molecular weight is 329 g/mol. The fourth-order valence-electron chi connectivity index (χ4n) is 2.43. The third kappa shape index (κ3) is 4.41. The largest absolute Gasteiger partial charge is 0.290 e. The van der Waals surface area contributed by atoms with Gasteiger partial charge in [-0.3, -0.25) is 4.90 Å². The minimum Gasteiger partial charge on any atom is -0.290 e. The van der Waals surface area contributed by atoms with Gasteiger partial charge in [0.25, 0.3) is 0 Å². The van der Waals surface area contributed by atoms with Crippen molar-refractivity contribution < 1.29 is 0 Å². The molecule has 0 aliphatic carbocycles. The summed E-state index contributed by atoms with van der Waals surface area (Å²) in [6.45, 7) is 2.67. The maximum atomic E-state index is 5.95. The molecular formula is C18H17ClN2S. The third-order valence-electron chi connectivity index (χ3n) is 3.40. The maximum absolute atomic E-state index is 5.95. The zero-order valence-corrected chi connectivity index (χ0v) is 13.7. The maximum Gasteiger partial charge on any atom is 0.183 e. The Morgan fingerprint density at radius 2 is 1.36 bits per heavy atom. The Hall–Kier alpha value is -1.68. The highest BCUT2D eigenvalue weighted by Gasteiger charge is 2.10. The lowest BCUT2D eigenvalue weighted by Gasteiger charge is -2.21. The lowest BCUT2D eigenvalue weighted by molar-refractivity contribution is 0.250. The second-order valence-electron chi connectivity index (χ2n) is 5.20. The summed E-state index contributed by atoms with van der Waals surface area (Å²) in [7, 11) is 0. The van der Waals surface area contributed by atoms with Gasteiger partial charge in [0.15, 0.2) is 4.47 Å². The van der Waals surface area contributed by atoms with Crippen LogP contribution in [-0.2, 0) is 19.6 Å². The molecule has 0 saturated heterocycles. The van der Waals surface area contributed by atoms with Gasteiger partial charge in [0.1, 0.15) is 0 Å². The van der Waals surface area contributed by atoms with Gasteiger partial charge in [-0.15, -0.1) is 11.3 Å². The molecule has 0 spiro atoms. The Bertz CT molecular complexity index is 656. The van der Waals surface area contributed by atoms with Gasteiger partial charge in [0, 0.05) is 30.7 Å². The van der Waals surface area contributed by atoms with Crippen molar-refractivity contribution in [1.29, 1.82) is 0 Å². The molecule has 0 aliphatic rings. The molecule has 3 rings (SSSR count). The highest BCUT2D eigenvalue weighted by Crippen LogP contribution is 2.21. The van der Waals surface area contributed by atoms with Crippen LogP contribution in [0.3, 0.4) is 0 Å². The van der Waals surface area contributed by atoms with Crippen molar-refractivity contribution in [3.63, 3.8) is 0 Å². The molecule has 3 aromatic rings. The second-order valence-corrected chi connectivity index (χ2v) is 6.89. The van der Waals surface area contributed by atoms with Crippen LogP contribution in [0.4, 0.5) is 0 Å². The topological polar surface area (TPSA) is 16.1 Å². The molecule has 112 valence electrons. The Morgan fingerprint density at radius 3 is 1.82 bits per heavy atom. The minimum absolute atomic E-state index is 0.606. The lowest BCUT2D eigenvalue weighted by Crippen LogP contribution is -2.21. The van der Waals surface area contributed by atoms with Crippen LogP contribution in [0.15, 0.2) is 66.9 Å². The average Bonchev–Trinajstić information content (AvgIpc) is 2.94. The molecule has 0 aliphatic heterocycles. The molecule has 0 amide bonds. The van der Waals surface area contributed by atoms with Crippen molar-refractivity contribution in [2.45, 2.75) is 19.6 Å². The zero-order valence-electron chi connectivity index (χ0n) is 12.2. The summed E-state index contributed by atoms with van der Waals surface area (Å²) in [5, 5.41) is 0. The molecule has 1 aromatic heterocycles. The van der Waals surface area contributed by atoms with E-state index in [0.717, 1.165) is 19.6 Å². The standard InChI is InChI=1S/C18H17ClN2S/c19-18-20-11-17(22-18)14-21(12-15-7-3-1-4-8-15)13-16-9-5-2-6-10-16/h1-11H,12-14H2. The highest BCUT2D eigenvalue weighted by atomic mass is 35.5. The van der Waals surface area contributed by atoms with Crippen LogP contribution in [0, 0.1) is 0 Å². The van der Waals surface area contributed by atoms with E-state index in [1.165, 1.54) is 16.0 Å². The number of benzene rings is 2. The summed E-state index contributed by atoms with van der Waals surface area (Å²) in [6, 6.07) is 21.1. The lowest BCUT2D eigenvalue weighted by atomic mass is 10.1. The Balaban J connectivity index is 1.75. The monoisotopic (exact) mass is 328 g/mol. The molecule has 0 saturated carbocycles. The first-order valence-corrected chi connectivity index (χ1v) is 8.39. The molecule has 22 heavy (non-hydrogen) atoms. The van der Waals surface area contributed by atoms with Gasteiger partial charge in [0.2, 0.25) is 0 Å². The van der Waals surface area contributed by atoms with Crippen LogP contribution >= 0.6 is 22.9 Å². The number of hydrogen-bond acceptors (Lipinski definition) is 3. The Labute approximate surface area is 140 Å². The van der Waals surface area contributed by atoms with E-state index in [9.17, 15) is 0 Å². The number of thiazole rings is 1. The van der Waals surface area contributed by atoms with Crippen molar-refractivity contribution in [3.8, 4) is 0 Å². The van der Waals surface area contributed by atoms with Crippen molar-refractivity contribution >= 4 is 22.9 Å². The molecule has 4 heteroatoms. The van der Waals surface area contributed by atoms with Crippen molar-refractivity contribution in [2.75, 3.05) is 0 Å². The molecule has 0 atom stereocenters. The van der Waals surface area contributed by atoms with Gasteiger partial charge in [-0.1, -0.05) is 72.3 Å². The fourth-order valence-corrected chi connectivity index (χ4v) is 3.45. The van der Waals surface area contributed by atoms with Gasteiger partial charge in [-0.05, 0) is 11.1 Å². The smallest absolute Gasteiger partial charge is 0.183 e. The summed E-state index contributed by atoms with van der Waals surface area (Å²) in [4.78, 5) is 7.74. The third-order valence-corrected chi connectivity index (χ3v) is 4.50. The van der Waals surface area contributed by atoms with E-state index in [2.05, 4.69) is 58.4 Å². The Kier molecular flexibility index (Phi) is 5.22. The van der Waals surface area contributed by atoms with Gasteiger partial charge in [-0.2, -0.15) is 0 Å². The van der Waals surface area contributed by atoms with E-state index in [0.29, 0.717) is 4.47 Å². The molecule has 0 radical (unpaired) electrons. The first-order valence-electron chi connectivity index (χ1n) is 7.20. The van der Waals surface area contributed by atoms with Crippen molar-refractivity contribution in [3.05, 3.63) is 87.3 Å². The Morgan fingerprint density at radius 1 is 0.818 bits per heavy atom. The van der Waals surface area contributed by atoms with Crippen LogP contribution in [-0.4, -0.2) is 9.88 Å². The summed E-state index contributed by atoms with van der Waals surface area (Å²) < 4.78 is 0.606. The highest BCUT2D eigenvalue weighted by molar-refractivity contribution is 7.15. The van der Waals surface area contributed by atoms with Crippen LogP contribution in [0.1, 0.15) is 16.0 Å². The van der Waals surface area contributed by atoms with Gasteiger partial charge in [0.05, 0.1) is 0 Å². The first-order chi connectivity index (χ1) is 10.8. The molecule has 0 bridgehead atoms. The van der Waals surface area contributed by atoms with Crippen molar-refractivity contribution in [1.82, 2.24) is 9.88 Å². The number of rotatable bonds is 6. The molecule has 2 aromatic carbocycles. The van der Waals surface area contributed by atoms with Crippen molar-refractivity contribution in [2.24, 2.45) is 0 Å². The molecule has 2 nitrogen and oxygen atoms in total. The fraction of sp³-hybridized carbons (Fsp3) is 0.167. The summed E-state index contributed by atoms with van der Waals surface area (Å²) in [6.07, 6.45) is 1.87. The number of aromatic nitrogens is 1. The zero-order chi connectivity index (χ0) is 15.2. The van der Waals surface area contributed by atoms with E-state index >= 15 is 0 Å². The number of halogens is 1. The molecule has 0 N–H and O–H groups in total. The van der Waals surface area contributed by atoms with Gasteiger partial charge >= 0.3 is 0 Å². The molecular weight excluding hydrogens is 312 g/mol. The van der Waals surface area contributed by atoms with E-state index in [1.807, 2.05) is 18.3 Å². The minimum atomic E-state index is 0.606. The van der Waals surface area contributed by atoms with Crippen LogP contribution in [0.25, 0.3) is 0 Å². The van der Waals surface area contributed by atoms with E-state index in [1.54, 1.807) is 11.3 Å². The number of hydrogen-bond donors (Lipinski definition) is 0. The summed E-state index contributed by atoms with van der Waals surface area (Å²) >= 11 is 7.50. The molecule has 0 fully saturated rings. The van der Waals surface area contributed by atoms with E-state index in [-0.39, 0.29) is 0 Å². The van der Waals surface area contributed by atoms with Gasteiger partial charge in [-0.25, -0.2) is 4.98 Å². The molecule has 1 heterocycles. The summed E-state index contributed by atoms with van der Waals surface area (Å²) in [5.41, 5.74) is 2.63. The summed E-state index contributed by atoms with van der Waals surface area (Å²) in [5.74, 6) is 0. The van der Waals surface area contributed by atoms with Crippen LogP contribution < -0.4 is 0 Å². The second kappa shape index (κ2) is 7.54. The van der Waals surface area contributed by atoms with Crippen LogP contribution in [0.5, 0.6) is 0 Å². The quantitative estimate of drug-likeness (QED) is 0.633. The number of nitrogens with zero attached hydrogens (tertiary/aromatic N) is 2. The SMILES string of the molecule is Clc1ncc(CN(Cc2ccccc2)Cc2ccccc2)s1. The van der Waals surface area contributed by atoms with E-state index < -0.39 is 0 Å². The predicted octanol–water partition coefficient (Wildman–Crippen LogP) is 5.00. The molecule has 0 unspecified atom stereocenters. The normalized spacial score (nSPS) is 11.0. The predicted molar refractivity (Wildman–Crippen MR) is 93.0 cm³/mol. The first kappa shape index (κ1) is 15.2.